The molecule has 4 rings (SSSR count). The van der Waals surface area contributed by atoms with Crippen LogP contribution in [0.4, 0.5) is 13.2 Å². The van der Waals surface area contributed by atoms with Crippen LogP contribution in [0.25, 0.3) is 33.8 Å². The highest BCUT2D eigenvalue weighted by Crippen LogP contribution is 2.34. The number of nitrogens with one attached hydrogen (secondary N) is 2. The van der Waals surface area contributed by atoms with Crippen molar-refractivity contribution < 1.29 is 22.6 Å². The van der Waals surface area contributed by atoms with E-state index in [0.717, 1.165) is 17.7 Å². The molecule has 0 radical (unpaired) electrons. The van der Waals surface area contributed by atoms with E-state index in [9.17, 15) is 13.2 Å². The van der Waals surface area contributed by atoms with Crippen LogP contribution < -0.4 is 9.47 Å². The zero-order valence-electron chi connectivity index (χ0n) is 14.9. The lowest BCUT2D eigenvalue weighted by Gasteiger charge is -2.08. The summed E-state index contributed by atoms with van der Waals surface area (Å²) >= 11 is 0. The minimum atomic E-state index is -4.41. The fraction of sp³-hybridized carbons (Fsp3) is 0.158. The van der Waals surface area contributed by atoms with Crippen LogP contribution in [0.3, 0.4) is 0 Å². The largest absolute Gasteiger partial charge is 0.493 e. The van der Waals surface area contributed by atoms with Crippen LogP contribution in [-0.2, 0) is 6.18 Å². The molecule has 0 aliphatic carbocycles. The Balaban J connectivity index is 1.69. The van der Waals surface area contributed by atoms with Gasteiger partial charge in [0.25, 0.3) is 0 Å². The number of methoxy groups -OCH3 is 2. The van der Waals surface area contributed by atoms with Crippen molar-refractivity contribution in [3.05, 3.63) is 48.0 Å². The summed E-state index contributed by atoms with van der Waals surface area (Å²) in [5, 5.41) is 7.11. The lowest BCUT2D eigenvalue weighted by Crippen LogP contribution is -2.04. The zero-order chi connectivity index (χ0) is 19.9. The molecule has 2 aromatic carbocycles. The van der Waals surface area contributed by atoms with E-state index in [4.69, 9.17) is 9.47 Å². The molecule has 0 aliphatic heterocycles. The van der Waals surface area contributed by atoms with Gasteiger partial charge in [-0.1, -0.05) is 0 Å². The number of imidazole rings is 1. The second-order valence-electron chi connectivity index (χ2n) is 6.05. The third-order valence-corrected chi connectivity index (χ3v) is 4.32. The number of alkyl halides is 3. The quantitative estimate of drug-likeness (QED) is 0.533. The maximum atomic E-state index is 12.9. The van der Waals surface area contributed by atoms with Crippen molar-refractivity contribution in [2.24, 2.45) is 0 Å². The zero-order valence-corrected chi connectivity index (χ0v) is 14.9. The highest BCUT2D eigenvalue weighted by Gasteiger charge is 2.30. The number of fused-ring (bicyclic) bond motifs is 1. The van der Waals surface area contributed by atoms with E-state index in [2.05, 4.69) is 20.2 Å². The molecule has 0 atom stereocenters. The van der Waals surface area contributed by atoms with Gasteiger partial charge < -0.3 is 14.5 Å². The summed E-state index contributed by atoms with van der Waals surface area (Å²) < 4.78 is 49.2. The van der Waals surface area contributed by atoms with Crippen LogP contribution >= 0.6 is 0 Å². The molecule has 0 saturated heterocycles. The molecular weight excluding hydrogens is 373 g/mol. The molecule has 2 aromatic heterocycles. The molecule has 2 heterocycles. The van der Waals surface area contributed by atoms with Gasteiger partial charge in [-0.15, -0.1) is 0 Å². The van der Waals surface area contributed by atoms with Crippen LogP contribution in [-0.4, -0.2) is 34.4 Å². The summed E-state index contributed by atoms with van der Waals surface area (Å²) in [6, 6.07) is 10.5. The minimum absolute atomic E-state index is 0.298. The highest BCUT2D eigenvalue weighted by molar-refractivity contribution is 5.80. The Morgan fingerprint density at radius 1 is 0.929 bits per heavy atom. The topological polar surface area (TPSA) is 75.8 Å². The highest BCUT2D eigenvalue weighted by atomic mass is 19.4. The van der Waals surface area contributed by atoms with Crippen LogP contribution in [0.1, 0.15) is 5.56 Å². The first-order valence-corrected chi connectivity index (χ1v) is 8.24. The van der Waals surface area contributed by atoms with Gasteiger partial charge in [0.05, 0.1) is 36.5 Å². The van der Waals surface area contributed by atoms with Crippen molar-refractivity contribution in [3.63, 3.8) is 0 Å². The van der Waals surface area contributed by atoms with Gasteiger partial charge in [-0.2, -0.15) is 18.3 Å². The fourth-order valence-electron chi connectivity index (χ4n) is 2.90. The van der Waals surface area contributed by atoms with Crippen molar-refractivity contribution >= 4 is 11.0 Å². The van der Waals surface area contributed by atoms with E-state index in [1.165, 1.54) is 6.07 Å². The predicted octanol–water partition coefficient (Wildman–Crippen LogP) is 4.66. The Kier molecular flexibility index (Phi) is 4.21. The number of aromatic amines is 2. The van der Waals surface area contributed by atoms with E-state index in [1.807, 2.05) is 6.07 Å². The molecule has 28 heavy (non-hydrogen) atoms. The summed E-state index contributed by atoms with van der Waals surface area (Å²) in [5.41, 5.74) is 1.97. The Hall–Kier alpha value is -3.49. The summed E-state index contributed by atoms with van der Waals surface area (Å²) in [7, 11) is 3.09. The number of ether oxygens (including phenoxy) is 2. The number of benzene rings is 2. The number of nitrogens with zero attached hydrogens (tertiary/aromatic N) is 2. The van der Waals surface area contributed by atoms with Crippen molar-refractivity contribution in [2.75, 3.05) is 14.2 Å². The fourth-order valence-corrected chi connectivity index (χ4v) is 2.90. The first-order chi connectivity index (χ1) is 13.4. The summed E-state index contributed by atoms with van der Waals surface area (Å²) in [6.45, 7) is 0. The van der Waals surface area contributed by atoms with Gasteiger partial charge in [-0.05, 0) is 42.5 Å². The smallest absolute Gasteiger partial charge is 0.416 e. The Morgan fingerprint density at radius 2 is 1.71 bits per heavy atom. The molecule has 6 nitrogen and oxygen atoms in total. The molecule has 0 bridgehead atoms. The lowest BCUT2D eigenvalue weighted by atomic mass is 10.1. The monoisotopic (exact) mass is 388 g/mol. The number of aromatic nitrogens is 4. The van der Waals surface area contributed by atoms with Gasteiger partial charge in [0.1, 0.15) is 5.69 Å². The van der Waals surface area contributed by atoms with Gasteiger partial charge in [0.15, 0.2) is 17.3 Å². The van der Waals surface area contributed by atoms with Crippen molar-refractivity contribution in [3.8, 4) is 34.3 Å². The Morgan fingerprint density at radius 3 is 2.43 bits per heavy atom. The summed E-state index contributed by atoms with van der Waals surface area (Å²) in [4.78, 5) is 7.24. The van der Waals surface area contributed by atoms with Gasteiger partial charge in [0, 0.05) is 5.56 Å². The van der Waals surface area contributed by atoms with Gasteiger partial charge in [0.2, 0.25) is 0 Å². The number of halogens is 3. The Bertz CT molecular complexity index is 1150. The van der Waals surface area contributed by atoms with E-state index in [0.29, 0.717) is 39.7 Å². The number of hydrogen-bond donors (Lipinski definition) is 2. The molecule has 4 aromatic rings. The third-order valence-electron chi connectivity index (χ3n) is 4.32. The van der Waals surface area contributed by atoms with Crippen molar-refractivity contribution in [2.45, 2.75) is 6.18 Å². The molecule has 0 saturated carbocycles. The molecule has 9 heteroatoms. The molecule has 0 amide bonds. The third kappa shape index (κ3) is 3.15. The van der Waals surface area contributed by atoms with E-state index < -0.39 is 11.7 Å². The van der Waals surface area contributed by atoms with E-state index in [1.54, 1.807) is 32.4 Å². The standard InChI is InChI=1S/C19H15F3N4O2/c1-27-16-6-3-10(7-17(16)28-2)13-9-15(26-25-13)18-23-12-5-4-11(19(20,21)22)8-14(12)24-18/h3-9H,1-2H3,(H,23,24)(H,25,26). The van der Waals surface area contributed by atoms with Gasteiger partial charge in [-0.25, -0.2) is 4.98 Å². The van der Waals surface area contributed by atoms with E-state index >= 15 is 0 Å². The second kappa shape index (κ2) is 6.59. The summed E-state index contributed by atoms with van der Waals surface area (Å²) in [5.74, 6) is 1.56. The van der Waals surface area contributed by atoms with Crippen LogP contribution in [0.15, 0.2) is 42.5 Å². The maximum absolute atomic E-state index is 12.9. The molecule has 144 valence electrons. The minimum Gasteiger partial charge on any atom is -0.493 e. The average molecular weight is 388 g/mol. The molecule has 0 spiro atoms. The van der Waals surface area contributed by atoms with Crippen LogP contribution in [0.2, 0.25) is 0 Å². The molecule has 0 unspecified atom stereocenters. The number of hydrogen-bond acceptors (Lipinski definition) is 4. The van der Waals surface area contributed by atoms with Gasteiger partial charge in [-0.3, -0.25) is 5.10 Å². The molecule has 0 aliphatic rings. The molecular formula is C19H15F3N4O2. The van der Waals surface area contributed by atoms with Gasteiger partial charge >= 0.3 is 6.18 Å². The number of H-pyrrole nitrogens is 2. The summed E-state index contributed by atoms with van der Waals surface area (Å²) in [6.07, 6.45) is -4.41. The maximum Gasteiger partial charge on any atom is 0.416 e. The second-order valence-corrected chi connectivity index (χ2v) is 6.05. The lowest BCUT2D eigenvalue weighted by molar-refractivity contribution is -0.137. The van der Waals surface area contributed by atoms with Crippen LogP contribution in [0.5, 0.6) is 11.5 Å². The van der Waals surface area contributed by atoms with Crippen molar-refractivity contribution in [1.82, 2.24) is 20.2 Å². The van der Waals surface area contributed by atoms with E-state index in [-0.39, 0.29) is 0 Å². The molecule has 2 N–H and O–H groups in total. The first-order valence-electron chi connectivity index (χ1n) is 8.24. The first kappa shape index (κ1) is 17.9. The Labute approximate surface area is 157 Å². The van der Waals surface area contributed by atoms with Crippen LogP contribution in [0, 0.1) is 0 Å². The normalized spacial score (nSPS) is 11.8. The number of rotatable bonds is 4. The predicted molar refractivity (Wildman–Crippen MR) is 97.2 cm³/mol. The average Bonchev–Trinajstić information content (AvgIpc) is 3.32. The SMILES string of the molecule is COc1ccc(-c2cc(-c3nc4ccc(C(F)(F)F)cc4[nH]3)[nH]n2)cc1OC. The van der Waals surface area contributed by atoms with Crippen molar-refractivity contribution in [1.29, 1.82) is 0 Å². The molecule has 0 fully saturated rings.